The predicted octanol–water partition coefficient (Wildman–Crippen LogP) is 1.64. The van der Waals surface area contributed by atoms with E-state index in [1.807, 2.05) is 0 Å². The van der Waals surface area contributed by atoms with Crippen molar-refractivity contribution in [2.24, 2.45) is 0 Å². The van der Waals surface area contributed by atoms with Gasteiger partial charge in [0.25, 0.3) is 25.9 Å². The van der Waals surface area contributed by atoms with Crippen molar-refractivity contribution in [2.75, 3.05) is 38.9 Å². The van der Waals surface area contributed by atoms with Crippen LogP contribution in [0.2, 0.25) is 0 Å². The van der Waals surface area contributed by atoms with Crippen molar-refractivity contribution in [1.82, 2.24) is 0 Å². The number of carbonyl (C=O) groups excluding carboxylic acids is 1. The van der Waals surface area contributed by atoms with Crippen LogP contribution in [0.15, 0.2) is 51.7 Å². The lowest BCUT2D eigenvalue weighted by molar-refractivity contribution is -0.384. The van der Waals surface area contributed by atoms with Gasteiger partial charge in [-0.2, -0.15) is 16.8 Å². The Kier molecular flexibility index (Phi) is 8.82. The average Bonchev–Trinajstić information content (AvgIpc) is 2.82. The Labute approximate surface area is 216 Å². The molecule has 1 aromatic heterocycles. The Bertz CT molecular complexity index is 1640. The monoisotopic (exact) mass is 571 g/mol. The lowest BCUT2D eigenvalue weighted by atomic mass is 10.0. The van der Waals surface area contributed by atoms with Crippen LogP contribution in [0.4, 0.5) is 5.69 Å². The van der Waals surface area contributed by atoms with E-state index in [0.29, 0.717) is 0 Å². The highest BCUT2D eigenvalue weighted by atomic mass is 32.2. The topological polar surface area (TPSA) is 196 Å². The Hall–Kier alpha value is -3.86. The van der Waals surface area contributed by atoms with Crippen LogP contribution in [0.1, 0.15) is 15.9 Å². The molecule has 14 nitrogen and oxygen atoms in total. The van der Waals surface area contributed by atoms with Gasteiger partial charge < -0.3 is 13.9 Å². The number of fused-ring (bicyclic) bond motifs is 1. The summed E-state index contributed by atoms with van der Waals surface area (Å²) in [6, 6.07) is 8.64. The van der Waals surface area contributed by atoms with Gasteiger partial charge in [-0.15, -0.1) is 0 Å². The molecular weight excluding hydrogens is 550 g/mol. The molecule has 3 rings (SSSR count). The maximum atomic E-state index is 12.9. The first-order valence-electron chi connectivity index (χ1n) is 10.6. The summed E-state index contributed by atoms with van der Waals surface area (Å²) in [5, 5.41) is 11.2. The molecule has 0 saturated carbocycles. The largest absolute Gasteiger partial charge is 0.487 e. The lowest BCUT2D eigenvalue weighted by Crippen LogP contribution is -2.15. The zero-order valence-electron chi connectivity index (χ0n) is 19.9. The highest BCUT2D eigenvalue weighted by molar-refractivity contribution is 7.86. The van der Waals surface area contributed by atoms with Crippen LogP contribution in [0.3, 0.4) is 0 Å². The van der Waals surface area contributed by atoms with Crippen LogP contribution in [-0.4, -0.2) is 66.5 Å². The van der Waals surface area contributed by atoms with Gasteiger partial charge in [0, 0.05) is 29.1 Å². The maximum Gasteiger partial charge on any atom is 0.347 e. The molecule has 0 aliphatic carbocycles. The number of nitrogens with zero attached hydrogens (tertiary/aromatic N) is 1. The van der Waals surface area contributed by atoms with Gasteiger partial charge in [-0.25, -0.2) is 4.79 Å². The van der Waals surface area contributed by atoms with Crippen molar-refractivity contribution in [2.45, 2.75) is 0 Å². The van der Waals surface area contributed by atoms with E-state index in [4.69, 9.17) is 13.9 Å². The molecule has 0 saturated heterocycles. The van der Waals surface area contributed by atoms with Gasteiger partial charge in [0.1, 0.15) is 37.6 Å². The minimum absolute atomic E-state index is 0.00475. The number of nitro benzene ring substituents is 1. The zero-order valence-corrected chi connectivity index (χ0v) is 21.6. The van der Waals surface area contributed by atoms with E-state index >= 15 is 0 Å². The number of hydrogen-bond acceptors (Lipinski definition) is 13. The van der Waals surface area contributed by atoms with Crippen LogP contribution >= 0.6 is 0 Å². The third kappa shape index (κ3) is 8.07. The molecule has 0 unspecified atom stereocenters. The van der Waals surface area contributed by atoms with Crippen molar-refractivity contribution >= 4 is 42.7 Å². The molecule has 0 radical (unpaired) electrons. The normalized spacial score (nSPS) is 11.8. The molecule has 0 bridgehead atoms. The van der Waals surface area contributed by atoms with Crippen molar-refractivity contribution in [3.8, 4) is 11.5 Å². The Morgan fingerprint density at radius 3 is 2.03 bits per heavy atom. The molecule has 1 heterocycles. The molecule has 38 heavy (non-hydrogen) atoms. The van der Waals surface area contributed by atoms with Gasteiger partial charge in [0.2, 0.25) is 5.78 Å². The van der Waals surface area contributed by atoms with E-state index in [2.05, 4.69) is 8.37 Å². The first kappa shape index (κ1) is 28.7. The summed E-state index contributed by atoms with van der Waals surface area (Å²) >= 11 is 0. The minimum atomic E-state index is -3.72. The van der Waals surface area contributed by atoms with Gasteiger partial charge in [-0.05, 0) is 12.1 Å². The average molecular weight is 572 g/mol. The predicted molar refractivity (Wildman–Crippen MR) is 132 cm³/mol. The summed E-state index contributed by atoms with van der Waals surface area (Å²) in [4.78, 5) is 35.9. The smallest absolute Gasteiger partial charge is 0.347 e. The van der Waals surface area contributed by atoms with E-state index in [0.717, 1.165) is 18.6 Å². The van der Waals surface area contributed by atoms with Gasteiger partial charge >= 0.3 is 5.63 Å². The van der Waals surface area contributed by atoms with Crippen LogP contribution in [0, 0.1) is 10.1 Å². The highest BCUT2D eigenvalue weighted by Gasteiger charge is 2.20. The number of ketones is 1. The molecule has 0 N–H and O–H groups in total. The number of rotatable bonds is 13. The van der Waals surface area contributed by atoms with Crippen molar-refractivity contribution in [3.63, 3.8) is 0 Å². The van der Waals surface area contributed by atoms with E-state index in [-0.39, 0.29) is 60.1 Å². The van der Waals surface area contributed by atoms with E-state index < -0.39 is 42.1 Å². The molecule has 204 valence electrons. The molecule has 16 heteroatoms. The van der Waals surface area contributed by atoms with E-state index in [1.54, 1.807) is 0 Å². The Morgan fingerprint density at radius 1 is 0.895 bits per heavy atom. The van der Waals surface area contributed by atoms with Crippen LogP contribution in [-0.2, 0) is 28.6 Å². The molecular formula is C22H21NO13S2. The Balaban J connectivity index is 1.95. The first-order chi connectivity index (χ1) is 17.7. The number of non-ortho nitro benzene ring substituents is 1. The summed E-state index contributed by atoms with van der Waals surface area (Å²) in [6.07, 6.45) is 1.72. The summed E-state index contributed by atoms with van der Waals surface area (Å²) in [6.45, 7) is -1.17. The second-order valence-corrected chi connectivity index (χ2v) is 11.0. The van der Waals surface area contributed by atoms with E-state index in [1.165, 1.54) is 36.4 Å². The molecule has 2 aromatic carbocycles. The van der Waals surface area contributed by atoms with Crippen molar-refractivity contribution in [1.29, 1.82) is 0 Å². The quantitative estimate of drug-likeness (QED) is 0.0717. The standard InChI is InChI=1S/C22H21NO13S2/c1-37(28,29)34-8-6-32-19-12-15-11-17(21(24)14-4-3-5-16(10-14)23(26)27)22(25)36-18(15)13-20(19)33-7-9-35-38(2,30)31/h3-5,10-13H,6-9H2,1-2H3. The number of hydrogen-bond donors (Lipinski definition) is 0. The summed E-state index contributed by atoms with van der Waals surface area (Å²) in [5.74, 6) is -0.793. The van der Waals surface area contributed by atoms with Gasteiger partial charge in [-0.1, -0.05) is 12.1 Å². The van der Waals surface area contributed by atoms with E-state index in [9.17, 15) is 36.5 Å². The molecule has 3 aromatic rings. The van der Waals surface area contributed by atoms with Crippen molar-refractivity contribution in [3.05, 3.63) is 74.1 Å². The minimum Gasteiger partial charge on any atom is -0.487 e. The summed E-state index contributed by atoms with van der Waals surface area (Å²) in [5.41, 5.74) is -1.89. The fourth-order valence-electron chi connectivity index (χ4n) is 3.10. The fraction of sp³-hybridized carbons (Fsp3) is 0.273. The summed E-state index contributed by atoms with van der Waals surface area (Å²) in [7, 11) is -7.44. The second kappa shape index (κ2) is 11.7. The number of carbonyl (C=O) groups is 1. The van der Waals surface area contributed by atoms with Crippen LogP contribution < -0.4 is 15.1 Å². The van der Waals surface area contributed by atoms with Crippen LogP contribution in [0.25, 0.3) is 11.0 Å². The molecule has 0 spiro atoms. The first-order valence-corrected chi connectivity index (χ1v) is 14.2. The van der Waals surface area contributed by atoms with Gasteiger partial charge in [0.05, 0.1) is 17.4 Å². The number of benzene rings is 2. The number of ether oxygens (including phenoxy) is 2. The SMILES string of the molecule is CS(=O)(=O)OCCOc1cc2cc(C(=O)c3cccc([N+](=O)[O-])c3)c(=O)oc2cc1OCCOS(C)(=O)=O. The third-order valence-corrected chi connectivity index (χ3v) is 5.83. The zero-order chi connectivity index (χ0) is 28.1. The molecule has 0 fully saturated rings. The second-order valence-electron chi connectivity index (χ2n) is 7.67. The lowest BCUT2D eigenvalue weighted by Gasteiger charge is -2.14. The molecule has 0 atom stereocenters. The molecule has 0 aliphatic heterocycles. The summed E-state index contributed by atoms with van der Waals surface area (Å²) < 4.78 is 70.2. The van der Waals surface area contributed by atoms with Crippen molar-refractivity contribution < 1.29 is 48.8 Å². The third-order valence-electron chi connectivity index (χ3n) is 4.64. The number of nitro groups is 1. The maximum absolute atomic E-state index is 12.9. The van der Waals surface area contributed by atoms with Gasteiger partial charge in [-0.3, -0.25) is 23.3 Å². The molecule has 0 amide bonds. The Morgan fingerprint density at radius 2 is 1.47 bits per heavy atom. The van der Waals surface area contributed by atoms with Crippen LogP contribution in [0.5, 0.6) is 11.5 Å². The van der Waals surface area contributed by atoms with Gasteiger partial charge in [0.15, 0.2) is 11.5 Å². The highest BCUT2D eigenvalue weighted by Crippen LogP contribution is 2.33. The fourth-order valence-corrected chi connectivity index (χ4v) is 3.84. The molecule has 0 aliphatic rings.